The molecular weight excluding hydrogens is 202 g/mol. The molecule has 0 unspecified atom stereocenters. The first-order chi connectivity index (χ1) is 7.59. The standard InChI is InChI=1S/C11H15N5/c1-16(2)8-5-3-7(4-6-8)9-10(12)14-15-11(9)13/h3-6,9H,1-2H3,(H2,12,14)(H2,13,15). The lowest BCUT2D eigenvalue weighted by atomic mass is 9.97. The monoisotopic (exact) mass is 217 g/mol. The molecule has 1 aromatic carbocycles. The van der Waals surface area contributed by atoms with E-state index in [1.807, 2.05) is 43.3 Å². The Hall–Kier alpha value is -2.04. The van der Waals surface area contributed by atoms with Crippen LogP contribution >= 0.6 is 0 Å². The SMILES string of the molecule is CN(C)c1ccc(C2C(N)=NN=C2N)cc1. The van der Waals surface area contributed by atoms with Crippen molar-refractivity contribution in [1.29, 1.82) is 0 Å². The van der Waals surface area contributed by atoms with Crippen molar-refractivity contribution in [2.75, 3.05) is 19.0 Å². The lowest BCUT2D eigenvalue weighted by molar-refractivity contribution is 1.12. The quantitative estimate of drug-likeness (QED) is 0.756. The fraction of sp³-hybridized carbons (Fsp3) is 0.273. The van der Waals surface area contributed by atoms with Gasteiger partial charge in [0, 0.05) is 19.8 Å². The molecule has 0 bridgehead atoms. The molecule has 5 heteroatoms. The summed E-state index contributed by atoms with van der Waals surface area (Å²) >= 11 is 0. The Morgan fingerprint density at radius 2 is 1.50 bits per heavy atom. The summed E-state index contributed by atoms with van der Waals surface area (Å²) in [5.74, 6) is 0.737. The van der Waals surface area contributed by atoms with E-state index in [2.05, 4.69) is 10.2 Å². The van der Waals surface area contributed by atoms with Crippen molar-refractivity contribution in [1.82, 2.24) is 0 Å². The highest BCUT2D eigenvalue weighted by Crippen LogP contribution is 2.22. The maximum Gasteiger partial charge on any atom is 0.137 e. The predicted octanol–water partition coefficient (Wildman–Crippen LogP) is 0.479. The number of amidine groups is 2. The van der Waals surface area contributed by atoms with Crippen molar-refractivity contribution in [2.24, 2.45) is 21.7 Å². The van der Waals surface area contributed by atoms with Gasteiger partial charge in [0.2, 0.25) is 0 Å². The first-order valence-electron chi connectivity index (χ1n) is 5.03. The smallest absolute Gasteiger partial charge is 0.137 e. The van der Waals surface area contributed by atoms with Crippen LogP contribution in [-0.2, 0) is 0 Å². The summed E-state index contributed by atoms with van der Waals surface area (Å²) in [6.45, 7) is 0. The summed E-state index contributed by atoms with van der Waals surface area (Å²) in [6.07, 6.45) is 0. The molecule has 0 saturated heterocycles. The summed E-state index contributed by atoms with van der Waals surface area (Å²) in [6, 6.07) is 8.04. The van der Waals surface area contributed by atoms with Gasteiger partial charge < -0.3 is 16.4 Å². The van der Waals surface area contributed by atoms with Gasteiger partial charge in [-0.25, -0.2) is 0 Å². The third-order valence-corrected chi connectivity index (χ3v) is 2.62. The highest BCUT2D eigenvalue weighted by molar-refractivity contribution is 6.11. The number of rotatable bonds is 2. The highest BCUT2D eigenvalue weighted by Gasteiger charge is 2.24. The Bertz CT molecular complexity index is 426. The molecule has 1 aliphatic rings. The van der Waals surface area contributed by atoms with Crippen molar-refractivity contribution < 1.29 is 0 Å². The molecule has 1 aromatic rings. The van der Waals surface area contributed by atoms with E-state index in [0.717, 1.165) is 11.3 Å². The van der Waals surface area contributed by atoms with E-state index in [0.29, 0.717) is 11.7 Å². The third-order valence-electron chi connectivity index (χ3n) is 2.62. The fourth-order valence-corrected chi connectivity index (χ4v) is 1.69. The lowest BCUT2D eigenvalue weighted by Crippen LogP contribution is -2.29. The first kappa shape index (κ1) is 10.5. The zero-order valence-electron chi connectivity index (χ0n) is 9.38. The molecule has 1 aliphatic heterocycles. The maximum absolute atomic E-state index is 5.74. The summed E-state index contributed by atoms with van der Waals surface area (Å²) in [5, 5.41) is 7.56. The number of hydrogen-bond donors (Lipinski definition) is 2. The van der Waals surface area contributed by atoms with Crippen molar-refractivity contribution in [3.05, 3.63) is 29.8 Å². The minimum absolute atomic E-state index is 0.170. The molecule has 1 heterocycles. The van der Waals surface area contributed by atoms with E-state index in [9.17, 15) is 0 Å². The molecule has 0 aromatic heterocycles. The molecule has 0 saturated carbocycles. The van der Waals surface area contributed by atoms with E-state index in [1.54, 1.807) is 0 Å². The van der Waals surface area contributed by atoms with Gasteiger partial charge in [-0.05, 0) is 17.7 Å². The second-order valence-electron chi connectivity index (χ2n) is 3.97. The minimum atomic E-state index is -0.170. The molecule has 4 N–H and O–H groups in total. The molecule has 2 rings (SSSR count). The second kappa shape index (κ2) is 3.84. The van der Waals surface area contributed by atoms with E-state index >= 15 is 0 Å². The van der Waals surface area contributed by atoms with Gasteiger partial charge >= 0.3 is 0 Å². The van der Waals surface area contributed by atoms with Gasteiger partial charge in [0.25, 0.3) is 0 Å². The zero-order valence-corrected chi connectivity index (χ0v) is 9.38. The van der Waals surface area contributed by atoms with Crippen LogP contribution in [0.4, 0.5) is 5.69 Å². The zero-order chi connectivity index (χ0) is 11.7. The van der Waals surface area contributed by atoms with Gasteiger partial charge in [0.1, 0.15) is 17.6 Å². The van der Waals surface area contributed by atoms with Crippen LogP contribution in [0.1, 0.15) is 11.5 Å². The minimum Gasteiger partial charge on any atom is -0.385 e. The van der Waals surface area contributed by atoms with Crippen molar-refractivity contribution in [3.63, 3.8) is 0 Å². The topological polar surface area (TPSA) is 80.0 Å². The molecule has 5 nitrogen and oxygen atoms in total. The normalized spacial score (nSPS) is 15.9. The fourth-order valence-electron chi connectivity index (χ4n) is 1.69. The Labute approximate surface area is 94.5 Å². The van der Waals surface area contributed by atoms with Crippen LogP contribution in [0.5, 0.6) is 0 Å². The van der Waals surface area contributed by atoms with Crippen LogP contribution in [0.3, 0.4) is 0 Å². The van der Waals surface area contributed by atoms with Crippen molar-refractivity contribution in [2.45, 2.75) is 5.92 Å². The summed E-state index contributed by atoms with van der Waals surface area (Å²) in [4.78, 5) is 2.04. The lowest BCUT2D eigenvalue weighted by Gasteiger charge is -2.15. The Morgan fingerprint density at radius 3 is 1.94 bits per heavy atom. The summed E-state index contributed by atoms with van der Waals surface area (Å²) < 4.78 is 0. The first-order valence-corrected chi connectivity index (χ1v) is 5.03. The van der Waals surface area contributed by atoms with Gasteiger partial charge in [0.05, 0.1) is 0 Å². The highest BCUT2D eigenvalue weighted by atomic mass is 15.3. The average molecular weight is 217 g/mol. The summed E-state index contributed by atoms with van der Waals surface area (Å²) in [5.41, 5.74) is 13.6. The molecule has 0 atom stereocenters. The van der Waals surface area contributed by atoms with Crippen LogP contribution in [0, 0.1) is 0 Å². The molecule has 0 radical (unpaired) electrons. The molecule has 84 valence electrons. The molecule has 0 fully saturated rings. The predicted molar refractivity (Wildman–Crippen MR) is 66.8 cm³/mol. The van der Waals surface area contributed by atoms with Gasteiger partial charge in [-0.3, -0.25) is 0 Å². The number of benzene rings is 1. The van der Waals surface area contributed by atoms with E-state index < -0.39 is 0 Å². The Morgan fingerprint density at radius 1 is 1.00 bits per heavy atom. The van der Waals surface area contributed by atoms with Crippen molar-refractivity contribution in [3.8, 4) is 0 Å². The third kappa shape index (κ3) is 1.71. The van der Waals surface area contributed by atoms with Gasteiger partial charge in [0.15, 0.2) is 0 Å². The van der Waals surface area contributed by atoms with Crippen LogP contribution in [0.25, 0.3) is 0 Å². The molecule has 16 heavy (non-hydrogen) atoms. The van der Waals surface area contributed by atoms with E-state index in [1.165, 1.54) is 0 Å². The van der Waals surface area contributed by atoms with Gasteiger partial charge in [-0.15, -0.1) is 10.2 Å². The molecule has 0 spiro atoms. The molecule has 0 amide bonds. The number of anilines is 1. The van der Waals surface area contributed by atoms with Gasteiger partial charge in [-0.1, -0.05) is 12.1 Å². The van der Waals surface area contributed by atoms with Gasteiger partial charge in [-0.2, -0.15) is 0 Å². The van der Waals surface area contributed by atoms with Crippen LogP contribution in [0.15, 0.2) is 34.5 Å². The van der Waals surface area contributed by atoms with E-state index in [-0.39, 0.29) is 5.92 Å². The average Bonchev–Trinajstić information content (AvgIpc) is 2.59. The number of hydrogen-bond acceptors (Lipinski definition) is 5. The van der Waals surface area contributed by atoms with Crippen LogP contribution in [0.2, 0.25) is 0 Å². The van der Waals surface area contributed by atoms with E-state index in [4.69, 9.17) is 11.5 Å². The maximum atomic E-state index is 5.74. The van der Waals surface area contributed by atoms with Crippen LogP contribution in [-0.4, -0.2) is 25.8 Å². The largest absolute Gasteiger partial charge is 0.385 e. The summed E-state index contributed by atoms with van der Waals surface area (Å²) in [7, 11) is 3.99. The molecular formula is C11H15N5. The number of nitrogens with zero attached hydrogens (tertiary/aromatic N) is 3. The van der Waals surface area contributed by atoms with Crippen molar-refractivity contribution >= 4 is 17.4 Å². The number of nitrogens with two attached hydrogens (primary N) is 2. The second-order valence-corrected chi connectivity index (χ2v) is 3.97. The molecule has 0 aliphatic carbocycles. The Balaban J connectivity index is 2.29. The Kier molecular flexibility index (Phi) is 2.52. The van der Waals surface area contributed by atoms with Crippen LogP contribution < -0.4 is 16.4 Å².